The Kier molecular flexibility index (Phi) is 6.10. The van der Waals surface area contributed by atoms with Crippen molar-refractivity contribution in [2.24, 2.45) is 5.92 Å². The summed E-state index contributed by atoms with van der Waals surface area (Å²) in [6.07, 6.45) is 7.47. The van der Waals surface area contributed by atoms with Crippen LogP contribution in [0.1, 0.15) is 18.4 Å². The zero-order valence-electron chi connectivity index (χ0n) is 12.1. The Balaban J connectivity index is 1.78. The maximum Gasteiger partial charge on any atom is 0.227 e. The molecule has 1 aliphatic rings. The lowest BCUT2D eigenvalue weighted by Gasteiger charge is -2.32. The molecule has 21 heavy (non-hydrogen) atoms. The molecule has 0 spiro atoms. The molecule has 1 fully saturated rings. The van der Waals surface area contributed by atoms with Crippen molar-refractivity contribution in [3.05, 3.63) is 34.9 Å². The first-order valence-corrected chi connectivity index (χ1v) is 7.61. The van der Waals surface area contributed by atoms with Crippen LogP contribution in [-0.2, 0) is 16.0 Å². The first-order chi connectivity index (χ1) is 10.2. The molecule has 112 valence electrons. The number of carbonyl (C=O) groups is 1. The van der Waals surface area contributed by atoms with Crippen LogP contribution >= 0.6 is 11.6 Å². The molecule has 0 N–H and O–H groups in total. The van der Waals surface area contributed by atoms with Gasteiger partial charge in [-0.2, -0.15) is 0 Å². The summed E-state index contributed by atoms with van der Waals surface area (Å²) in [4.78, 5) is 14.2. The first kappa shape index (κ1) is 15.9. The normalized spacial score (nSPS) is 15.7. The molecule has 0 saturated carbocycles. The lowest BCUT2D eigenvalue weighted by atomic mass is 9.97. The number of likely N-dealkylation sites (tertiary alicyclic amines) is 1. The second-order valence-corrected chi connectivity index (χ2v) is 5.72. The minimum atomic E-state index is 0.145. The average molecular weight is 306 g/mol. The molecule has 0 aromatic heterocycles. The number of terminal acetylenes is 1. The van der Waals surface area contributed by atoms with Gasteiger partial charge in [0, 0.05) is 18.1 Å². The highest BCUT2D eigenvalue weighted by molar-refractivity contribution is 6.31. The summed E-state index contributed by atoms with van der Waals surface area (Å²) in [6, 6.07) is 7.50. The summed E-state index contributed by atoms with van der Waals surface area (Å²) in [7, 11) is 0. The molecule has 0 radical (unpaired) electrons. The maximum absolute atomic E-state index is 12.3. The van der Waals surface area contributed by atoms with Crippen molar-refractivity contribution in [3.8, 4) is 12.3 Å². The number of ether oxygens (including phenoxy) is 1. The maximum atomic E-state index is 12.3. The van der Waals surface area contributed by atoms with Gasteiger partial charge in [-0.05, 0) is 30.4 Å². The van der Waals surface area contributed by atoms with Crippen molar-refractivity contribution >= 4 is 17.5 Å². The Labute approximate surface area is 131 Å². The standard InChI is InChI=1S/C17H20ClNO2/c1-2-11-21-13-14-7-9-19(10-8-14)17(20)12-15-5-3-4-6-16(15)18/h1,3-6,14H,7-13H2. The zero-order chi connectivity index (χ0) is 15.1. The number of piperidine rings is 1. The molecule has 0 aliphatic carbocycles. The predicted octanol–water partition coefficient (Wildman–Crippen LogP) is 2.77. The van der Waals surface area contributed by atoms with Crippen molar-refractivity contribution in [2.45, 2.75) is 19.3 Å². The molecule has 0 atom stereocenters. The smallest absolute Gasteiger partial charge is 0.227 e. The fourth-order valence-electron chi connectivity index (χ4n) is 2.55. The van der Waals surface area contributed by atoms with Crippen LogP contribution in [0.2, 0.25) is 5.02 Å². The van der Waals surface area contributed by atoms with Crippen LogP contribution in [0.4, 0.5) is 0 Å². The number of rotatable bonds is 5. The largest absolute Gasteiger partial charge is 0.369 e. The van der Waals surface area contributed by atoms with E-state index in [9.17, 15) is 4.79 Å². The third-order valence-electron chi connectivity index (χ3n) is 3.81. The second kappa shape index (κ2) is 8.07. The predicted molar refractivity (Wildman–Crippen MR) is 84.1 cm³/mol. The summed E-state index contributed by atoms with van der Waals surface area (Å²) < 4.78 is 5.37. The molecule has 1 aliphatic heterocycles. The van der Waals surface area contributed by atoms with E-state index >= 15 is 0 Å². The van der Waals surface area contributed by atoms with Crippen LogP contribution in [0.15, 0.2) is 24.3 Å². The van der Waals surface area contributed by atoms with Crippen molar-refractivity contribution in [3.63, 3.8) is 0 Å². The molecule has 1 saturated heterocycles. The lowest BCUT2D eigenvalue weighted by molar-refractivity contribution is -0.132. The molecular formula is C17H20ClNO2. The van der Waals surface area contributed by atoms with Gasteiger partial charge in [-0.1, -0.05) is 35.7 Å². The Bertz CT molecular complexity index is 516. The minimum absolute atomic E-state index is 0.145. The molecule has 1 aromatic rings. The van der Waals surface area contributed by atoms with Crippen molar-refractivity contribution in [2.75, 3.05) is 26.3 Å². The van der Waals surface area contributed by atoms with E-state index in [4.69, 9.17) is 22.8 Å². The van der Waals surface area contributed by atoms with Gasteiger partial charge in [0.2, 0.25) is 5.91 Å². The Hall–Kier alpha value is -1.50. The fraction of sp³-hybridized carbons (Fsp3) is 0.471. The number of carbonyl (C=O) groups excluding carboxylic acids is 1. The van der Waals surface area contributed by atoms with Gasteiger partial charge in [-0.25, -0.2) is 0 Å². The quantitative estimate of drug-likeness (QED) is 0.618. The van der Waals surface area contributed by atoms with E-state index in [0.29, 0.717) is 30.6 Å². The molecule has 1 heterocycles. The van der Waals surface area contributed by atoms with Crippen LogP contribution in [-0.4, -0.2) is 37.1 Å². The number of amides is 1. The summed E-state index contributed by atoms with van der Waals surface area (Å²) in [5.41, 5.74) is 0.892. The molecule has 1 amide bonds. The molecule has 4 heteroatoms. The molecule has 0 bridgehead atoms. The van der Waals surface area contributed by atoms with Gasteiger partial charge < -0.3 is 9.64 Å². The van der Waals surface area contributed by atoms with Crippen molar-refractivity contribution in [1.29, 1.82) is 0 Å². The highest BCUT2D eigenvalue weighted by Crippen LogP contribution is 2.20. The number of halogens is 1. The van der Waals surface area contributed by atoms with Gasteiger partial charge in [0.05, 0.1) is 13.0 Å². The van der Waals surface area contributed by atoms with E-state index in [1.165, 1.54) is 0 Å². The van der Waals surface area contributed by atoms with E-state index in [0.717, 1.165) is 31.5 Å². The molecule has 3 nitrogen and oxygen atoms in total. The van der Waals surface area contributed by atoms with Crippen LogP contribution in [0.3, 0.4) is 0 Å². The van der Waals surface area contributed by atoms with E-state index in [1.54, 1.807) is 0 Å². The monoisotopic (exact) mass is 305 g/mol. The number of nitrogens with zero attached hydrogens (tertiary/aromatic N) is 1. The van der Waals surface area contributed by atoms with Gasteiger partial charge >= 0.3 is 0 Å². The lowest BCUT2D eigenvalue weighted by Crippen LogP contribution is -2.40. The number of hydrogen-bond donors (Lipinski definition) is 0. The first-order valence-electron chi connectivity index (χ1n) is 7.23. The van der Waals surface area contributed by atoms with E-state index in [-0.39, 0.29) is 5.91 Å². The summed E-state index contributed by atoms with van der Waals surface area (Å²) in [6.45, 7) is 2.63. The van der Waals surface area contributed by atoms with Crippen LogP contribution < -0.4 is 0 Å². The molecule has 1 aromatic carbocycles. The van der Waals surface area contributed by atoms with Gasteiger partial charge in [0.1, 0.15) is 6.61 Å². The van der Waals surface area contributed by atoms with Crippen molar-refractivity contribution in [1.82, 2.24) is 4.90 Å². The SMILES string of the molecule is C#CCOCC1CCN(C(=O)Cc2ccccc2Cl)CC1. The van der Waals surface area contributed by atoms with E-state index in [2.05, 4.69) is 5.92 Å². The van der Waals surface area contributed by atoms with Crippen LogP contribution in [0, 0.1) is 18.3 Å². The third kappa shape index (κ3) is 4.77. The highest BCUT2D eigenvalue weighted by Gasteiger charge is 2.23. The molecular weight excluding hydrogens is 286 g/mol. The Morgan fingerprint density at radius 1 is 1.38 bits per heavy atom. The number of benzene rings is 1. The van der Waals surface area contributed by atoms with E-state index < -0.39 is 0 Å². The summed E-state index contributed by atoms with van der Waals surface area (Å²) in [5, 5.41) is 0.656. The zero-order valence-corrected chi connectivity index (χ0v) is 12.8. The third-order valence-corrected chi connectivity index (χ3v) is 4.17. The average Bonchev–Trinajstić information content (AvgIpc) is 2.50. The van der Waals surface area contributed by atoms with Gasteiger partial charge in [-0.15, -0.1) is 6.42 Å². The Morgan fingerprint density at radius 3 is 2.76 bits per heavy atom. The van der Waals surface area contributed by atoms with E-state index in [1.807, 2.05) is 29.2 Å². The van der Waals surface area contributed by atoms with Crippen LogP contribution in [0.25, 0.3) is 0 Å². The fourth-order valence-corrected chi connectivity index (χ4v) is 2.75. The number of hydrogen-bond acceptors (Lipinski definition) is 2. The second-order valence-electron chi connectivity index (χ2n) is 5.31. The van der Waals surface area contributed by atoms with Crippen LogP contribution in [0.5, 0.6) is 0 Å². The Morgan fingerprint density at radius 2 is 2.10 bits per heavy atom. The van der Waals surface area contributed by atoms with Crippen molar-refractivity contribution < 1.29 is 9.53 Å². The molecule has 0 unspecified atom stereocenters. The van der Waals surface area contributed by atoms with Gasteiger partial charge in [-0.3, -0.25) is 4.79 Å². The molecule has 2 rings (SSSR count). The summed E-state index contributed by atoms with van der Waals surface area (Å²) in [5.74, 6) is 3.11. The highest BCUT2D eigenvalue weighted by atomic mass is 35.5. The minimum Gasteiger partial charge on any atom is -0.369 e. The topological polar surface area (TPSA) is 29.5 Å². The summed E-state index contributed by atoms with van der Waals surface area (Å²) >= 11 is 6.10. The van der Waals surface area contributed by atoms with Gasteiger partial charge in [0.25, 0.3) is 0 Å². The van der Waals surface area contributed by atoms with Gasteiger partial charge in [0.15, 0.2) is 0 Å².